The lowest BCUT2D eigenvalue weighted by Gasteiger charge is -2.10. The molecular formula is C14H22N6O. The molecule has 0 aromatic carbocycles. The van der Waals surface area contributed by atoms with Crippen LogP contribution in [-0.2, 0) is 13.7 Å². The molecular weight excluding hydrogens is 268 g/mol. The SMILES string of the molecule is CCCCNc1ncncc1OCc1nn(C)c(C)c1N. The van der Waals surface area contributed by atoms with Crippen LogP contribution in [0.1, 0.15) is 31.2 Å². The molecule has 0 saturated heterocycles. The van der Waals surface area contributed by atoms with Crippen molar-refractivity contribution in [3.63, 3.8) is 0 Å². The van der Waals surface area contributed by atoms with E-state index in [0.717, 1.165) is 30.8 Å². The van der Waals surface area contributed by atoms with Gasteiger partial charge in [0.2, 0.25) is 0 Å². The van der Waals surface area contributed by atoms with Crippen molar-refractivity contribution in [2.24, 2.45) is 7.05 Å². The molecule has 2 heterocycles. The zero-order chi connectivity index (χ0) is 15.2. The van der Waals surface area contributed by atoms with Gasteiger partial charge in [0.1, 0.15) is 18.6 Å². The van der Waals surface area contributed by atoms with Gasteiger partial charge in [-0.3, -0.25) is 4.68 Å². The van der Waals surface area contributed by atoms with Crippen molar-refractivity contribution in [3.8, 4) is 5.75 Å². The number of aromatic nitrogens is 4. The number of nitrogens with two attached hydrogens (primary N) is 1. The summed E-state index contributed by atoms with van der Waals surface area (Å²) in [6.07, 6.45) is 5.35. The molecule has 0 bridgehead atoms. The fourth-order valence-electron chi connectivity index (χ4n) is 1.88. The molecule has 0 amide bonds. The Balaban J connectivity index is 2.04. The normalized spacial score (nSPS) is 10.6. The fraction of sp³-hybridized carbons (Fsp3) is 0.500. The first-order valence-electron chi connectivity index (χ1n) is 7.08. The number of nitrogen functional groups attached to an aromatic ring is 1. The van der Waals surface area contributed by atoms with Gasteiger partial charge in [0, 0.05) is 13.6 Å². The minimum absolute atomic E-state index is 0.295. The van der Waals surface area contributed by atoms with E-state index in [1.807, 2.05) is 14.0 Å². The highest BCUT2D eigenvalue weighted by molar-refractivity contribution is 5.49. The van der Waals surface area contributed by atoms with Crippen molar-refractivity contribution in [1.82, 2.24) is 19.7 Å². The van der Waals surface area contributed by atoms with Gasteiger partial charge in [0.25, 0.3) is 0 Å². The van der Waals surface area contributed by atoms with Gasteiger partial charge >= 0.3 is 0 Å². The molecule has 0 atom stereocenters. The summed E-state index contributed by atoms with van der Waals surface area (Å²) in [5.41, 5.74) is 8.31. The minimum Gasteiger partial charge on any atom is -0.482 e. The number of hydrogen-bond acceptors (Lipinski definition) is 6. The van der Waals surface area contributed by atoms with E-state index in [9.17, 15) is 0 Å². The van der Waals surface area contributed by atoms with Gasteiger partial charge in [-0.2, -0.15) is 5.10 Å². The third-order valence-corrected chi connectivity index (χ3v) is 3.32. The number of rotatable bonds is 7. The van der Waals surface area contributed by atoms with E-state index in [1.165, 1.54) is 6.33 Å². The average molecular weight is 290 g/mol. The lowest BCUT2D eigenvalue weighted by molar-refractivity contribution is 0.299. The van der Waals surface area contributed by atoms with E-state index >= 15 is 0 Å². The second kappa shape index (κ2) is 6.92. The van der Waals surface area contributed by atoms with Crippen LogP contribution in [0.5, 0.6) is 5.75 Å². The van der Waals surface area contributed by atoms with Crippen LogP contribution in [0.15, 0.2) is 12.5 Å². The minimum atomic E-state index is 0.295. The molecule has 0 unspecified atom stereocenters. The van der Waals surface area contributed by atoms with Crippen molar-refractivity contribution >= 4 is 11.5 Å². The largest absolute Gasteiger partial charge is 0.482 e. The van der Waals surface area contributed by atoms with Crippen LogP contribution in [0.3, 0.4) is 0 Å². The van der Waals surface area contributed by atoms with Gasteiger partial charge in [-0.1, -0.05) is 13.3 Å². The summed E-state index contributed by atoms with van der Waals surface area (Å²) in [7, 11) is 1.86. The third kappa shape index (κ3) is 3.62. The second-order valence-corrected chi connectivity index (χ2v) is 4.87. The molecule has 7 nitrogen and oxygen atoms in total. The number of unbranched alkanes of at least 4 members (excludes halogenated alkanes) is 1. The standard InChI is InChI=1S/C14H22N6O/c1-4-5-6-17-14-12(7-16-9-18-14)21-8-11-13(15)10(2)20(3)19-11/h7,9H,4-6,8,15H2,1-3H3,(H,16,17,18). The Bertz CT molecular complexity index is 595. The number of nitrogens with zero attached hydrogens (tertiary/aromatic N) is 4. The highest BCUT2D eigenvalue weighted by Crippen LogP contribution is 2.22. The van der Waals surface area contributed by atoms with Crippen molar-refractivity contribution in [2.75, 3.05) is 17.6 Å². The van der Waals surface area contributed by atoms with Crippen LogP contribution in [0.4, 0.5) is 11.5 Å². The van der Waals surface area contributed by atoms with Gasteiger partial charge in [-0.25, -0.2) is 9.97 Å². The first-order chi connectivity index (χ1) is 10.1. The molecule has 0 aliphatic carbocycles. The Morgan fingerprint density at radius 3 is 2.90 bits per heavy atom. The van der Waals surface area contributed by atoms with Crippen molar-refractivity contribution in [3.05, 3.63) is 23.9 Å². The Hall–Kier alpha value is -2.31. The van der Waals surface area contributed by atoms with Crippen molar-refractivity contribution in [2.45, 2.75) is 33.3 Å². The van der Waals surface area contributed by atoms with Gasteiger partial charge in [-0.15, -0.1) is 0 Å². The molecule has 3 N–H and O–H groups in total. The molecule has 21 heavy (non-hydrogen) atoms. The molecule has 0 spiro atoms. The number of ether oxygens (including phenoxy) is 1. The monoisotopic (exact) mass is 290 g/mol. The molecule has 114 valence electrons. The summed E-state index contributed by atoms with van der Waals surface area (Å²) in [5, 5.41) is 7.58. The summed E-state index contributed by atoms with van der Waals surface area (Å²) in [6, 6.07) is 0. The van der Waals surface area contributed by atoms with Crippen LogP contribution in [0.2, 0.25) is 0 Å². The van der Waals surface area contributed by atoms with Crippen LogP contribution in [-0.4, -0.2) is 26.3 Å². The lowest BCUT2D eigenvalue weighted by atomic mass is 10.3. The quantitative estimate of drug-likeness (QED) is 0.757. The van der Waals surface area contributed by atoms with E-state index in [-0.39, 0.29) is 0 Å². The molecule has 0 aliphatic rings. The Kier molecular flexibility index (Phi) is 4.97. The van der Waals surface area contributed by atoms with E-state index in [2.05, 4.69) is 27.3 Å². The van der Waals surface area contributed by atoms with Gasteiger partial charge < -0.3 is 15.8 Å². The molecule has 0 fully saturated rings. The third-order valence-electron chi connectivity index (χ3n) is 3.32. The summed E-state index contributed by atoms with van der Waals surface area (Å²) >= 11 is 0. The lowest BCUT2D eigenvalue weighted by Crippen LogP contribution is -2.07. The summed E-state index contributed by atoms with van der Waals surface area (Å²) in [5.74, 6) is 1.31. The van der Waals surface area contributed by atoms with Gasteiger partial charge in [0.05, 0.1) is 17.6 Å². The molecule has 7 heteroatoms. The number of nitrogens with one attached hydrogen (secondary N) is 1. The second-order valence-electron chi connectivity index (χ2n) is 4.87. The van der Waals surface area contributed by atoms with E-state index < -0.39 is 0 Å². The molecule has 0 saturated carbocycles. The zero-order valence-corrected chi connectivity index (χ0v) is 12.8. The first-order valence-corrected chi connectivity index (χ1v) is 7.08. The number of hydrogen-bond donors (Lipinski definition) is 2. The first kappa shape index (κ1) is 15.1. The zero-order valence-electron chi connectivity index (χ0n) is 12.8. The van der Waals surface area contributed by atoms with E-state index in [1.54, 1.807) is 10.9 Å². The average Bonchev–Trinajstić information content (AvgIpc) is 2.74. The smallest absolute Gasteiger partial charge is 0.180 e. The van der Waals surface area contributed by atoms with Crippen LogP contribution >= 0.6 is 0 Å². The molecule has 0 aliphatic heterocycles. The summed E-state index contributed by atoms with van der Waals surface area (Å²) < 4.78 is 7.51. The van der Waals surface area contributed by atoms with E-state index in [0.29, 0.717) is 23.9 Å². The Labute approximate surface area is 124 Å². The number of aryl methyl sites for hydroxylation is 1. The van der Waals surface area contributed by atoms with Crippen molar-refractivity contribution in [1.29, 1.82) is 0 Å². The van der Waals surface area contributed by atoms with Crippen molar-refractivity contribution < 1.29 is 4.74 Å². The fourth-order valence-corrected chi connectivity index (χ4v) is 1.88. The van der Waals surface area contributed by atoms with Crippen LogP contribution in [0, 0.1) is 6.92 Å². The highest BCUT2D eigenvalue weighted by atomic mass is 16.5. The maximum atomic E-state index is 5.99. The predicted octanol–water partition coefficient (Wildman–Crippen LogP) is 1.89. The van der Waals surface area contributed by atoms with E-state index in [4.69, 9.17) is 10.5 Å². The van der Waals surface area contributed by atoms with Crippen LogP contribution in [0.25, 0.3) is 0 Å². The maximum absolute atomic E-state index is 5.99. The Morgan fingerprint density at radius 2 is 2.24 bits per heavy atom. The molecule has 2 aromatic rings. The number of anilines is 2. The van der Waals surface area contributed by atoms with Gasteiger partial charge in [0.15, 0.2) is 11.6 Å². The molecule has 2 rings (SSSR count). The van der Waals surface area contributed by atoms with Gasteiger partial charge in [-0.05, 0) is 13.3 Å². The molecule has 0 radical (unpaired) electrons. The molecule has 2 aromatic heterocycles. The summed E-state index contributed by atoms with van der Waals surface area (Å²) in [6.45, 7) is 5.22. The Morgan fingerprint density at radius 1 is 1.43 bits per heavy atom. The maximum Gasteiger partial charge on any atom is 0.180 e. The summed E-state index contributed by atoms with van der Waals surface area (Å²) in [4.78, 5) is 8.20. The highest BCUT2D eigenvalue weighted by Gasteiger charge is 2.12. The topological polar surface area (TPSA) is 90.9 Å². The van der Waals surface area contributed by atoms with Crippen LogP contribution < -0.4 is 15.8 Å². The predicted molar refractivity (Wildman–Crippen MR) is 82.1 cm³/mol.